The Kier molecular flexibility index (Phi) is 10.6. The first kappa shape index (κ1) is 25.8. The molecule has 3 N–H and O–H groups in total. The van der Waals surface area contributed by atoms with E-state index >= 15 is 0 Å². The minimum atomic E-state index is -0.380. The molecule has 32 heavy (non-hydrogen) atoms. The van der Waals surface area contributed by atoms with Gasteiger partial charge in [0.15, 0.2) is 5.11 Å². The Hall–Kier alpha value is -2.49. The van der Waals surface area contributed by atoms with E-state index in [1.165, 1.54) is 0 Å². The Morgan fingerprint density at radius 3 is 2.47 bits per heavy atom. The molecule has 0 aliphatic heterocycles. The molecule has 0 unspecified atom stereocenters. The molecule has 2 rings (SSSR count). The van der Waals surface area contributed by atoms with Crippen LogP contribution in [0.1, 0.15) is 41.0 Å². The van der Waals surface area contributed by atoms with Crippen LogP contribution < -0.4 is 20.7 Å². The van der Waals surface area contributed by atoms with Crippen molar-refractivity contribution in [3.8, 4) is 5.75 Å². The summed E-state index contributed by atoms with van der Waals surface area (Å²) in [6, 6.07) is 12.1. The van der Waals surface area contributed by atoms with Gasteiger partial charge in [-0.05, 0) is 67.0 Å². The van der Waals surface area contributed by atoms with Gasteiger partial charge in [-0.25, -0.2) is 0 Å². The van der Waals surface area contributed by atoms with Crippen LogP contribution in [-0.4, -0.2) is 43.8 Å². The molecule has 0 heterocycles. The number of amides is 2. The van der Waals surface area contributed by atoms with Gasteiger partial charge in [-0.2, -0.15) is 0 Å². The summed E-state index contributed by atoms with van der Waals surface area (Å²) in [4.78, 5) is 24.9. The van der Waals surface area contributed by atoms with E-state index in [1.54, 1.807) is 43.5 Å². The zero-order chi connectivity index (χ0) is 23.5. The molecule has 2 aromatic rings. The summed E-state index contributed by atoms with van der Waals surface area (Å²) in [6.07, 6.45) is 0.748. The molecule has 0 radical (unpaired) electrons. The third-order valence-corrected chi connectivity index (χ3v) is 4.90. The highest BCUT2D eigenvalue weighted by molar-refractivity contribution is 9.10. The summed E-state index contributed by atoms with van der Waals surface area (Å²) in [6.45, 7) is 5.71. The Morgan fingerprint density at radius 1 is 1.09 bits per heavy atom. The van der Waals surface area contributed by atoms with Crippen LogP contribution in [0.15, 0.2) is 46.9 Å². The number of methoxy groups -OCH3 is 1. The van der Waals surface area contributed by atoms with Crippen molar-refractivity contribution >= 4 is 50.8 Å². The smallest absolute Gasteiger partial charge is 0.261 e. The zero-order valence-electron chi connectivity index (χ0n) is 18.4. The Labute approximate surface area is 202 Å². The molecule has 0 fully saturated rings. The van der Waals surface area contributed by atoms with Crippen LogP contribution in [0.3, 0.4) is 0 Å². The molecule has 0 atom stereocenters. The van der Waals surface area contributed by atoms with Crippen molar-refractivity contribution < 1.29 is 19.1 Å². The maximum atomic E-state index is 12.8. The number of thiocarbonyl (C=S) groups is 1. The Morgan fingerprint density at radius 2 is 1.81 bits per heavy atom. The van der Waals surface area contributed by atoms with Crippen molar-refractivity contribution in [1.29, 1.82) is 0 Å². The van der Waals surface area contributed by atoms with Crippen LogP contribution >= 0.6 is 28.1 Å². The van der Waals surface area contributed by atoms with Crippen molar-refractivity contribution in [1.82, 2.24) is 10.6 Å². The van der Waals surface area contributed by atoms with Crippen LogP contribution in [0.5, 0.6) is 5.75 Å². The predicted octanol–water partition coefficient (Wildman–Crippen LogP) is 4.38. The van der Waals surface area contributed by atoms with E-state index in [0.29, 0.717) is 48.2 Å². The highest BCUT2D eigenvalue weighted by Gasteiger charge is 2.15. The second-order valence-electron chi connectivity index (χ2n) is 7.43. The van der Waals surface area contributed by atoms with E-state index in [2.05, 4.69) is 31.9 Å². The molecule has 0 aromatic heterocycles. The van der Waals surface area contributed by atoms with Gasteiger partial charge < -0.3 is 20.1 Å². The summed E-state index contributed by atoms with van der Waals surface area (Å²) < 4.78 is 11.5. The van der Waals surface area contributed by atoms with Gasteiger partial charge in [-0.1, -0.05) is 29.8 Å². The van der Waals surface area contributed by atoms with E-state index in [0.717, 1.165) is 10.9 Å². The largest absolute Gasteiger partial charge is 0.492 e. The fourth-order valence-corrected chi connectivity index (χ4v) is 3.19. The van der Waals surface area contributed by atoms with E-state index in [1.807, 2.05) is 19.9 Å². The molecule has 0 aliphatic rings. The van der Waals surface area contributed by atoms with Crippen molar-refractivity contribution in [2.24, 2.45) is 5.92 Å². The number of ether oxygens (including phenoxy) is 2. The third-order valence-electron chi connectivity index (χ3n) is 4.20. The highest BCUT2D eigenvalue weighted by Crippen LogP contribution is 2.24. The summed E-state index contributed by atoms with van der Waals surface area (Å²) in [5.74, 6) is 0.275. The highest BCUT2D eigenvalue weighted by atomic mass is 79.9. The van der Waals surface area contributed by atoms with E-state index in [4.69, 9.17) is 21.7 Å². The number of rotatable bonds is 10. The summed E-state index contributed by atoms with van der Waals surface area (Å²) >= 11 is 8.66. The Balaban J connectivity index is 1.94. The van der Waals surface area contributed by atoms with Crippen LogP contribution in [-0.2, 0) is 4.74 Å². The lowest BCUT2D eigenvalue weighted by molar-refractivity contribution is 0.0946. The quantitative estimate of drug-likeness (QED) is 0.317. The van der Waals surface area contributed by atoms with Gasteiger partial charge in [0, 0.05) is 36.0 Å². The molecule has 0 spiro atoms. The summed E-state index contributed by atoms with van der Waals surface area (Å²) in [7, 11) is 1.62. The predicted molar refractivity (Wildman–Crippen MR) is 133 cm³/mol. The lowest BCUT2D eigenvalue weighted by atomic mass is 10.2. The first-order valence-corrected chi connectivity index (χ1v) is 11.4. The van der Waals surface area contributed by atoms with Gasteiger partial charge in [-0.3, -0.25) is 14.9 Å². The first-order chi connectivity index (χ1) is 15.3. The second-order valence-corrected chi connectivity index (χ2v) is 8.76. The maximum absolute atomic E-state index is 12.8. The van der Waals surface area contributed by atoms with Gasteiger partial charge in [-0.15, -0.1) is 0 Å². The lowest BCUT2D eigenvalue weighted by Gasteiger charge is -2.14. The van der Waals surface area contributed by atoms with E-state index in [-0.39, 0.29) is 16.9 Å². The van der Waals surface area contributed by atoms with E-state index in [9.17, 15) is 9.59 Å². The van der Waals surface area contributed by atoms with Gasteiger partial charge in [0.1, 0.15) is 5.75 Å². The van der Waals surface area contributed by atoms with Crippen LogP contribution in [0.4, 0.5) is 5.69 Å². The maximum Gasteiger partial charge on any atom is 0.261 e. The number of anilines is 1. The van der Waals surface area contributed by atoms with E-state index < -0.39 is 0 Å². The lowest BCUT2D eigenvalue weighted by Crippen LogP contribution is -2.34. The molecular formula is C23H28BrN3O4S. The molecule has 0 aliphatic carbocycles. The number of nitrogens with one attached hydrogen (secondary N) is 3. The average molecular weight is 522 g/mol. The van der Waals surface area contributed by atoms with Gasteiger partial charge in [0.05, 0.1) is 12.2 Å². The number of halogens is 1. The first-order valence-electron chi connectivity index (χ1n) is 10.2. The average Bonchev–Trinajstić information content (AvgIpc) is 2.76. The zero-order valence-corrected chi connectivity index (χ0v) is 20.8. The van der Waals surface area contributed by atoms with Gasteiger partial charge >= 0.3 is 0 Å². The standard InChI is InChI=1S/C23H28BrN3O4S/c1-15(2)14-31-20-10-7-17(24)13-19(20)22(29)27-23(32)26-18-8-5-16(6-9-18)21(28)25-11-4-12-30-3/h5-10,13,15H,4,11-12,14H2,1-3H3,(H,25,28)(H2,26,27,29,32). The van der Waals surface area contributed by atoms with Gasteiger partial charge in [0.2, 0.25) is 0 Å². The molecule has 9 heteroatoms. The normalized spacial score (nSPS) is 10.5. The third kappa shape index (κ3) is 8.57. The molecule has 2 amide bonds. The number of hydrogen-bond donors (Lipinski definition) is 3. The van der Waals surface area contributed by atoms with Crippen LogP contribution in [0.25, 0.3) is 0 Å². The number of carbonyl (C=O) groups excluding carboxylic acids is 2. The number of benzene rings is 2. The van der Waals surface area contributed by atoms with Gasteiger partial charge in [0.25, 0.3) is 11.8 Å². The molecule has 7 nitrogen and oxygen atoms in total. The minimum absolute atomic E-state index is 0.140. The monoisotopic (exact) mass is 521 g/mol. The molecular weight excluding hydrogens is 494 g/mol. The van der Waals surface area contributed by atoms with Crippen molar-refractivity contribution in [3.05, 3.63) is 58.1 Å². The molecule has 0 saturated heterocycles. The van der Waals surface area contributed by atoms with Crippen LogP contribution in [0, 0.1) is 5.92 Å². The summed E-state index contributed by atoms with van der Waals surface area (Å²) in [5, 5.41) is 8.59. The molecule has 2 aromatic carbocycles. The van der Waals surface area contributed by atoms with Crippen molar-refractivity contribution in [2.45, 2.75) is 20.3 Å². The minimum Gasteiger partial charge on any atom is -0.492 e. The van der Waals surface area contributed by atoms with Crippen molar-refractivity contribution in [2.75, 3.05) is 32.2 Å². The fraction of sp³-hybridized carbons (Fsp3) is 0.348. The molecule has 0 bridgehead atoms. The fourth-order valence-electron chi connectivity index (χ4n) is 2.62. The molecule has 172 valence electrons. The second kappa shape index (κ2) is 13.1. The van der Waals surface area contributed by atoms with Crippen molar-refractivity contribution in [3.63, 3.8) is 0 Å². The Bertz CT molecular complexity index is 935. The SMILES string of the molecule is COCCCNC(=O)c1ccc(NC(=S)NC(=O)c2cc(Br)ccc2OCC(C)C)cc1. The van der Waals surface area contributed by atoms with Crippen LogP contribution in [0.2, 0.25) is 0 Å². The number of carbonyl (C=O) groups is 2. The number of hydrogen-bond acceptors (Lipinski definition) is 5. The topological polar surface area (TPSA) is 88.7 Å². The summed E-state index contributed by atoms with van der Waals surface area (Å²) in [5.41, 5.74) is 1.56. The molecule has 0 saturated carbocycles.